The van der Waals surface area contributed by atoms with Gasteiger partial charge >= 0.3 is 0 Å². The molecule has 0 saturated heterocycles. The zero-order valence-corrected chi connectivity index (χ0v) is 15.6. The number of rotatable bonds is 5. The molecule has 5 nitrogen and oxygen atoms in total. The molecular formula is C20H14BrFN4O. The Balaban J connectivity index is 1.61. The fourth-order valence-corrected chi connectivity index (χ4v) is 2.81. The molecule has 0 spiro atoms. The van der Waals surface area contributed by atoms with Crippen LogP contribution >= 0.6 is 15.9 Å². The van der Waals surface area contributed by atoms with Crippen LogP contribution in [0.25, 0.3) is 6.08 Å². The van der Waals surface area contributed by atoms with E-state index in [4.69, 9.17) is 5.26 Å². The van der Waals surface area contributed by atoms with E-state index >= 15 is 0 Å². The number of amides is 1. The first kappa shape index (κ1) is 18.5. The molecule has 1 heterocycles. The number of aromatic nitrogens is 2. The van der Waals surface area contributed by atoms with Crippen LogP contribution in [-0.4, -0.2) is 15.7 Å². The second-order valence-corrected chi connectivity index (χ2v) is 6.59. The predicted octanol–water partition coefficient (Wildman–Crippen LogP) is 4.36. The maximum absolute atomic E-state index is 13.2. The van der Waals surface area contributed by atoms with Crippen LogP contribution in [0.1, 0.15) is 16.7 Å². The summed E-state index contributed by atoms with van der Waals surface area (Å²) in [6.07, 6.45) is 6.22. The fourth-order valence-electron chi connectivity index (χ4n) is 2.41. The van der Waals surface area contributed by atoms with Crippen LogP contribution in [0.4, 0.5) is 10.1 Å². The third kappa shape index (κ3) is 5.12. The molecule has 3 rings (SSSR count). The van der Waals surface area contributed by atoms with Crippen LogP contribution < -0.4 is 5.32 Å². The topological polar surface area (TPSA) is 70.7 Å². The van der Waals surface area contributed by atoms with Crippen molar-refractivity contribution in [1.82, 2.24) is 9.78 Å². The Morgan fingerprint density at radius 3 is 2.96 bits per heavy atom. The molecule has 134 valence electrons. The Kier molecular flexibility index (Phi) is 5.79. The number of nitrogens with one attached hydrogen (secondary N) is 1. The van der Waals surface area contributed by atoms with Crippen molar-refractivity contribution >= 4 is 33.6 Å². The lowest BCUT2D eigenvalue weighted by Gasteiger charge is -2.02. The van der Waals surface area contributed by atoms with E-state index < -0.39 is 0 Å². The molecule has 1 N–H and O–H groups in total. The number of anilines is 1. The molecule has 0 aliphatic carbocycles. The predicted molar refractivity (Wildman–Crippen MR) is 104 cm³/mol. The van der Waals surface area contributed by atoms with Crippen LogP contribution in [-0.2, 0) is 11.3 Å². The van der Waals surface area contributed by atoms with Crippen LogP contribution in [0.5, 0.6) is 0 Å². The number of nitriles is 1. The number of nitrogens with zero attached hydrogens (tertiary/aromatic N) is 3. The monoisotopic (exact) mass is 424 g/mol. The van der Waals surface area contributed by atoms with Crippen molar-refractivity contribution in [2.75, 3.05) is 5.32 Å². The van der Waals surface area contributed by atoms with E-state index in [2.05, 4.69) is 32.4 Å². The first-order valence-electron chi connectivity index (χ1n) is 7.99. The third-order valence-corrected chi connectivity index (χ3v) is 4.28. The Morgan fingerprint density at radius 2 is 2.19 bits per heavy atom. The molecule has 27 heavy (non-hydrogen) atoms. The van der Waals surface area contributed by atoms with Gasteiger partial charge in [-0.3, -0.25) is 9.48 Å². The van der Waals surface area contributed by atoms with E-state index in [1.165, 1.54) is 12.1 Å². The lowest BCUT2D eigenvalue weighted by atomic mass is 10.1. The molecule has 7 heteroatoms. The standard InChI is InChI=1S/C20H14BrFN4O/c21-18-9-14(4-6-19(18)22)5-7-20(27)25-17-11-24-26(13-17)12-16-3-1-2-15(8-16)10-23/h1-9,11,13H,12H2,(H,25,27)/b7-5+. The summed E-state index contributed by atoms with van der Waals surface area (Å²) in [6.45, 7) is 0.491. The minimum atomic E-state index is -0.357. The summed E-state index contributed by atoms with van der Waals surface area (Å²) in [4.78, 5) is 12.0. The first-order chi connectivity index (χ1) is 13.0. The summed E-state index contributed by atoms with van der Waals surface area (Å²) >= 11 is 3.11. The molecule has 0 saturated carbocycles. The van der Waals surface area contributed by atoms with Crippen LogP contribution in [0.2, 0.25) is 0 Å². The van der Waals surface area contributed by atoms with Gasteiger partial charge in [-0.1, -0.05) is 18.2 Å². The number of halogens is 2. The maximum Gasteiger partial charge on any atom is 0.248 e. The summed E-state index contributed by atoms with van der Waals surface area (Å²) in [5.41, 5.74) is 2.79. The van der Waals surface area contributed by atoms with Crippen molar-refractivity contribution in [2.45, 2.75) is 6.54 Å². The van der Waals surface area contributed by atoms with E-state index in [0.717, 1.165) is 5.56 Å². The highest BCUT2D eigenvalue weighted by atomic mass is 79.9. The van der Waals surface area contributed by atoms with Crippen LogP contribution in [0, 0.1) is 17.1 Å². The molecule has 1 amide bonds. The van der Waals surface area contributed by atoms with Gasteiger partial charge in [0.1, 0.15) is 5.82 Å². The molecule has 0 aliphatic heterocycles. The normalized spacial score (nSPS) is 10.7. The molecular weight excluding hydrogens is 411 g/mol. The van der Waals surface area contributed by atoms with Crippen molar-refractivity contribution in [2.24, 2.45) is 0 Å². The second kappa shape index (κ2) is 8.43. The minimum Gasteiger partial charge on any atom is -0.320 e. The summed E-state index contributed by atoms with van der Waals surface area (Å²) in [5.74, 6) is -0.675. The van der Waals surface area contributed by atoms with Gasteiger partial charge in [0, 0.05) is 12.3 Å². The van der Waals surface area contributed by atoms with Gasteiger partial charge in [0.05, 0.1) is 34.5 Å². The van der Waals surface area contributed by atoms with Gasteiger partial charge in [0.15, 0.2) is 0 Å². The van der Waals surface area contributed by atoms with Gasteiger partial charge in [-0.05, 0) is 57.4 Å². The van der Waals surface area contributed by atoms with Crippen molar-refractivity contribution in [1.29, 1.82) is 5.26 Å². The highest BCUT2D eigenvalue weighted by Crippen LogP contribution is 2.17. The summed E-state index contributed by atoms with van der Waals surface area (Å²) in [7, 11) is 0. The van der Waals surface area contributed by atoms with Crippen molar-refractivity contribution < 1.29 is 9.18 Å². The molecule has 0 bridgehead atoms. The van der Waals surface area contributed by atoms with E-state index in [-0.39, 0.29) is 11.7 Å². The molecule has 0 radical (unpaired) electrons. The Hall–Kier alpha value is -3.24. The fraction of sp³-hybridized carbons (Fsp3) is 0.0500. The zero-order chi connectivity index (χ0) is 19.2. The number of hydrogen-bond donors (Lipinski definition) is 1. The summed E-state index contributed by atoms with van der Waals surface area (Å²) in [5, 5.41) is 15.9. The number of carbonyl (C=O) groups excluding carboxylic acids is 1. The van der Waals surface area contributed by atoms with E-state index in [1.807, 2.05) is 12.1 Å². The van der Waals surface area contributed by atoms with Crippen LogP contribution in [0.3, 0.4) is 0 Å². The van der Waals surface area contributed by atoms with E-state index in [0.29, 0.717) is 27.8 Å². The molecule has 3 aromatic rings. The smallest absolute Gasteiger partial charge is 0.248 e. The Labute approximate surface area is 163 Å². The lowest BCUT2D eigenvalue weighted by molar-refractivity contribution is -0.111. The molecule has 1 aromatic heterocycles. The van der Waals surface area contributed by atoms with Gasteiger partial charge < -0.3 is 5.32 Å². The van der Waals surface area contributed by atoms with Crippen molar-refractivity contribution in [3.8, 4) is 6.07 Å². The highest BCUT2D eigenvalue weighted by molar-refractivity contribution is 9.10. The Bertz CT molecular complexity index is 1050. The zero-order valence-electron chi connectivity index (χ0n) is 14.1. The van der Waals surface area contributed by atoms with E-state index in [9.17, 15) is 9.18 Å². The number of benzene rings is 2. The number of carbonyl (C=O) groups is 1. The quantitative estimate of drug-likeness (QED) is 0.618. The van der Waals surface area contributed by atoms with Crippen LogP contribution in [0.15, 0.2) is 65.4 Å². The molecule has 0 atom stereocenters. The lowest BCUT2D eigenvalue weighted by Crippen LogP contribution is -2.07. The summed E-state index contributed by atoms with van der Waals surface area (Å²) < 4.78 is 15.2. The van der Waals surface area contributed by atoms with Gasteiger partial charge in [-0.15, -0.1) is 0 Å². The van der Waals surface area contributed by atoms with Gasteiger partial charge in [0.25, 0.3) is 0 Å². The van der Waals surface area contributed by atoms with Crippen molar-refractivity contribution in [3.63, 3.8) is 0 Å². The van der Waals surface area contributed by atoms with Gasteiger partial charge in [-0.25, -0.2) is 4.39 Å². The second-order valence-electron chi connectivity index (χ2n) is 5.73. The molecule has 0 unspecified atom stereocenters. The SMILES string of the molecule is N#Cc1cccc(Cn2cc(NC(=O)/C=C/c3ccc(F)c(Br)c3)cn2)c1. The third-order valence-electron chi connectivity index (χ3n) is 3.67. The Morgan fingerprint density at radius 1 is 1.33 bits per heavy atom. The van der Waals surface area contributed by atoms with Crippen molar-refractivity contribution in [3.05, 3.63) is 87.9 Å². The molecule has 0 aliphatic rings. The van der Waals surface area contributed by atoms with Gasteiger partial charge in [0.2, 0.25) is 5.91 Å². The highest BCUT2D eigenvalue weighted by Gasteiger charge is 2.04. The largest absolute Gasteiger partial charge is 0.320 e. The number of hydrogen-bond acceptors (Lipinski definition) is 3. The average molecular weight is 425 g/mol. The molecule has 0 fully saturated rings. The molecule has 2 aromatic carbocycles. The van der Waals surface area contributed by atoms with E-state index in [1.54, 1.807) is 47.4 Å². The first-order valence-corrected chi connectivity index (χ1v) is 8.78. The summed E-state index contributed by atoms with van der Waals surface area (Å²) in [6, 6.07) is 13.9. The van der Waals surface area contributed by atoms with Gasteiger partial charge in [-0.2, -0.15) is 10.4 Å². The average Bonchev–Trinajstić information content (AvgIpc) is 3.09. The maximum atomic E-state index is 13.2. The minimum absolute atomic E-state index is 0.318.